The minimum Gasteiger partial charge on any atom is -0.453 e. The molecule has 2 fully saturated rings. The Bertz CT molecular complexity index is 2060. The van der Waals surface area contributed by atoms with Crippen LogP contribution in [0.1, 0.15) is 94.7 Å². The number of nitrogens with zero attached hydrogens (tertiary/aromatic N) is 4. The minimum atomic E-state index is -0.706. The summed E-state index contributed by atoms with van der Waals surface area (Å²) in [5.74, 6) is 7.38. The van der Waals surface area contributed by atoms with Gasteiger partial charge < -0.3 is 39.9 Å². The molecule has 2 aliphatic rings. The van der Waals surface area contributed by atoms with E-state index in [1.54, 1.807) is 4.90 Å². The summed E-state index contributed by atoms with van der Waals surface area (Å²) in [5.41, 5.74) is 4.78. The van der Waals surface area contributed by atoms with Gasteiger partial charge in [-0.1, -0.05) is 39.5 Å². The van der Waals surface area contributed by atoms with Crippen molar-refractivity contribution in [2.24, 2.45) is 11.8 Å². The molecule has 0 unspecified atom stereocenters. The van der Waals surface area contributed by atoms with Gasteiger partial charge in [-0.3, -0.25) is 9.59 Å². The number of ether oxygens (including phenoxy) is 2. The van der Waals surface area contributed by atoms with Gasteiger partial charge in [-0.05, 0) is 80.3 Å². The highest BCUT2D eigenvalue weighted by molar-refractivity contribution is 5.87. The number of hydrogen-bond acceptors (Lipinski definition) is 8. The van der Waals surface area contributed by atoms with E-state index in [2.05, 4.69) is 32.4 Å². The molecule has 0 radical (unpaired) electrons. The van der Waals surface area contributed by atoms with Crippen LogP contribution in [-0.2, 0) is 19.1 Å². The van der Waals surface area contributed by atoms with Gasteiger partial charge in [0, 0.05) is 24.2 Å². The largest absolute Gasteiger partial charge is 0.453 e. The average Bonchev–Trinajstić information content (AvgIpc) is 3.92. The number of hydrogen-bond donors (Lipinski definition) is 4. The zero-order chi connectivity index (χ0) is 37.8. The Hall–Kier alpha value is -5.58. The van der Waals surface area contributed by atoms with Gasteiger partial charge in [-0.15, -0.1) is 0 Å². The number of H-pyrrole nitrogens is 2. The topological polar surface area (TPSA) is 175 Å². The lowest BCUT2D eigenvalue weighted by atomic mass is 9.97. The molecule has 14 heteroatoms. The summed E-state index contributed by atoms with van der Waals surface area (Å²) in [7, 11) is 2.57. The van der Waals surface area contributed by atoms with Gasteiger partial charge in [0.15, 0.2) is 0 Å². The number of nitrogens with one attached hydrogen (secondary N) is 4. The first kappa shape index (κ1) is 37.2. The summed E-state index contributed by atoms with van der Waals surface area (Å²) in [6.07, 6.45) is 2.94. The molecule has 14 nitrogen and oxygen atoms in total. The predicted octanol–water partition coefficient (Wildman–Crippen LogP) is 5.32. The summed E-state index contributed by atoms with van der Waals surface area (Å²) < 4.78 is 9.53. The Morgan fingerprint density at radius 1 is 0.698 bits per heavy atom. The van der Waals surface area contributed by atoms with Crippen molar-refractivity contribution in [3.8, 4) is 11.8 Å². The highest BCUT2D eigenvalue weighted by Gasteiger charge is 2.38. The Kier molecular flexibility index (Phi) is 11.2. The Morgan fingerprint density at radius 3 is 1.57 bits per heavy atom. The van der Waals surface area contributed by atoms with Gasteiger partial charge in [0.05, 0.1) is 48.4 Å². The summed E-state index contributed by atoms with van der Waals surface area (Å²) in [6.45, 7) is 8.74. The van der Waals surface area contributed by atoms with Crippen molar-refractivity contribution in [3.05, 3.63) is 59.2 Å². The van der Waals surface area contributed by atoms with Gasteiger partial charge in [-0.25, -0.2) is 19.6 Å². The number of alkyl carbamates (subject to hydrolysis) is 2. The Balaban J connectivity index is 1.19. The fourth-order valence-corrected chi connectivity index (χ4v) is 7.22. The van der Waals surface area contributed by atoms with Crippen molar-refractivity contribution in [1.29, 1.82) is 0 Å². The fourth-order valence-electron chi connectivity index (χ4n) is 7.22. The predicted molar refractivity (Wildman–Crippen MR) is 198 cm³/mol. The molecule has 4 aromatic rings. The molecule has 0 bridgehead atoms. The maximum atomic E-state index is 13.7. The lowest BCUT2D eigenvalue weighted by molar-refractivity contribution is -0.138. The zero-order valence-electron chi connectivity index (χ0n) is 31.1. The average molecular weight is 725 g/mol. The monoisotopic (exact) mass is 724 g/mol. The fraction of sp³-hybridized carbons (Fsp3) is 0.487. The smallest absolute Gasteiger partial charge is 0.407 e. The molecule has 6 rings (SSSR count). The molecule has 2 saturated heterocycles. The summed E-state index contributed by atoms with van der Waals surface area (Å²) in [6, 6.07) is 9.74. The van der Waals surface area contributed by atoms with Crippen LogP contribution in [0.15, 0.2) is 36.4 Å². The second kappa shape index (κ2) is 16.0. The Labute approximate surface area is 308 Å². The number of rotatable bonds is 8. The third-order valence-corrected chi connectivity index (χ3v) is 10.1. The second-order valence-electron chi connectivity index (χ2n) is 14.4. The number of imidazole rings is 2. The first-order valence-corrected chi connectivity index (χ1v) is 18.3. The third kappa shape index (κ3) is 8.09. The van der Waals surface area contributed by atoms with Crippen LogP contribution < -0.4 is 10.6 Å². The molecule has 2 aromatic heterocycles. The van der Waals surface area contributed by atoms with Gasteiger partial charge in [0.2, 0.25) is 11.8 Å². The van der Waals surface area contributed by atoms with Gasteiger partial charge in [-0.2, -0.15) is 0 Å². The molecule has 4 atom stereocenters. The molecule has 280 valence electrons. The van der Waals surface area contributed by atoms with E-state index in [-0.39, 0.29) is 35.7 Å². The quantitative estimate of drug-likeness (QED) is 0.177. The summed E-state index contributed by atoms with van der Waals surface area (Å²) in [5, 5.41) is 5.40. The van der Waals surface area contributed by atoms with E-state index in [0.29, 0.717) is 24.7 Å². The van der Waals surface area contributed by atoms with E-state index in [9.17, 15) is 19.2 Å². The zero-order valence-corrected chi connectivity index (χ0v) is 31.1. The van der Waals surface area contributed by atoms with Crippen LogP contribution in [-0.4, -0.2) is 93.1 Å². The van der Waals surface area contributed by atoms with E-state index >= 15 is 0 Å². The van der Waals surface area contributed by atoms with Crippen LogP contribution in [0, 0.1) is 23.7 Å². The van der Waals surface area contributed by atoms with Gasteiger partial charge in [0.1, 0.15) is 23.7 Å². The molecule has 0 saturated carbocycles. The first-order valence-electron chi connectivity index (χ1n) is 18.3. The molecule has 0 aliphatic carbocycles. The number of aromatic amines is 2. The number of benzene rings is 2. The number of fused-ring (bicyclic) bond motifs is 2. The van der Waals surface area contributed by atoms with Crippen molar-refractivity contribution in [3.63, 3.8) is 0 Å². The summed E-state index contributed by atoms with van der Waals surface area (Å²) in [4.78, 5) is 71.4. The summed E-state index contributed by atoms with van der Waals surface area (Å²) >= 11 is 0. The Morgan fingerprint density at radius 2 is 1.13 bits per heavy atom. The van der Waals surface area contributed by atoms with Crippen LogP contribution in [0.3, 0.4) is 0 Å². The number of carbonyl (C=O) groups excluding carboxylic acids is 4. The van der Waals surface area contributed by atoms with E-state index in [1.807, 2.05) is 69.0 Å². The van der Waals surface area contributed by atoms with Crippen LogP contribution in [0.5, 0.6) is 0 Å². The molecule has 2 aliphatic heterocycles. The van der Waals surface area contributed by atoms with Crippen molar-refractivity contribution in [2.45, 2.75) is 84.0 Å². The second-order valence-corrected chi connectivity index (χ2v) is 14.4. The molecular weight excluding hydrogens is 676 g/mol. The van der Waals surface area contributed by atoms with Crippen LogP contribution in [0.25, 0.3) is 22.1 Å². The highest BCUT2D eigenvalue weighted by Crippen LogP contribution is 2.34. The highest BCUT2D eigenvalue weighted by atomic mass is 16.5. The van der Waals surface area contributed by atoms with Gasteiger partial charge in [0.25, 0.3) is 0 Å². The molecule has 2 aromatic carbocycles. The molecule has 4 heterocycles. The number of piperidine rings is 1. The molecule has 4 amide bonds. The molecule has 4 N–H and O–H groups in total. The van der Waals surface area contributed by atoms with E-state index in [0.717, 1.165) is 65.3 Å². The lowest BCUT2D eigenvalue weighted by Gasteiger charge is -2.37. The molecule has 53 heavy (non-hydrogen) atoms. The molecular formula is C39H48N8O6. The SMILES string of the molecule is COC(=O)N[C@H](C(=O)N1CCCC[C@H]1c1nc2cc(C#Cc3ccc4[nH]c([C@@H]5CCCN5C(=O)[C@@H](NC(=O)OC)C(C)C)nc4c3)ccc2[nH]1)C(C)C. The minimum absolute atomic E-state index is 0.116. The van der Waals surface area contributed by atoms with Crippen LogP contribution in [0.2, 0.25) is 0 Å². The number of amides is 4. The number of aromatic nitrogens is 4. The lowest BCUT2D eigenvalue weighted by Crippen LogP contribution is -2.53. The number of likely N-dealkylation sites (tertiary alicyclic amines) is 2. The first-order chi connectivity index (χ1) is 25.5. The third-order valence-electron chi connectivity index (χ3n) is 10.1. The number of carbonyl (C=O) groups is 4. The molecule has 0 spiro atoms. The number of methoxy groups -OCH3 is 2. The standard InChI is InChI=1S/C39H48N8O6/c1-22(2)32(44-38(50)52-5)36(48)46-18-8-7-10-30(46)34-40-26-16-14-24(20-28(26)42-34)12-13-25-15-17-27-29(21-25)43-35(41-27)31-11-9-19-47(31)37(49)33(23(3)4)45-39(51)53-6/h14-17,20-23,30-33H,7-11,18-19H2,1-6H3,(H,40,42)(H,41,43)(H,44,50)(H,45,51)/t30-,31-,32-,33-/m0/s1. The van der Waals surface area contributed by atoms with E-state index in [1.165, 1.54) is 14.2 Å². The van der Waals surface area contributed by atoms with Gasteiger partial charge >= 0.3 is 12.2 Å². The van der Waals surface area contributed by atoms with Crippen LogP contribution >= 0.6 is 0 Å². The van der Waals surface area contributed by atoms with E-state index in [4.69, 9.17) is 19.4 Å². The normalized spacial score (nSPS) is 18.5. The van der Waals surface area contributed by atoms with Crippen molar-refractivity contribution in [1.82, 2.24) is 40.4 Å². The van der Waals surface area contributed by atoms with Crippen molar-refractivity contribution >= 4 is 46.1 Å². The maximum Gasteiger partial charge on any atom is 0.407 e. The maximum absolute atomic E-state index is 13.7. The van der Waals surface area contributed by atoms with Crippen molar-refractivity contribution in [2.75, 3.05) is 27.3 Å². The van der Waals surface area contributed by atoms with Crippen molar-refractivity contribution < 1.29 is 28.7 Å². The van der Waals surface area contributed by atoms with E-state index < -0.39 is 24.3 Å². The van der Waals surface area contributed by atoms with Crippen LogP contribution in [0.4, 0.5) is 9.59 Å².